The van der Waals surface area contributed by atoms with E-state index < -0.39 is 10.0 Å². The van der Waals surface area contributed by atoms with Crippen LogP contribution in [0.25, 0.3) is 0 Å². The fourth-order valence-electron chi connectivity index (χ4n) is 1.77. The molecular weight excluding hydrogens is 248 g/mol. The van der Waals surface area contributed by atoms with Crippen molar-refractivity contribution >= 4 is 10.0 Å². The number of hydrogen-bond donors (Lipinski definition) is 1. The summed E-state index contributed by atoms with van der Waals surface area (Å²) in [6, 6.07) is 10.2. The van der Waals surface area contributed by atoms with Crippen molar-refractivity contribution in [2.75, 3.05) is 19.3 Å². The van der Waals surface area contributed by atoms with Crippen LogP contribution in [0, 0.1) is 0 Å². The summed E-state index contributed by atoms with van der Waals surface area (Å²) >= 11 is 0. The average Bonchev–Trinajstić information content (AvgIpc) is 3.14. The molecule has 100 valence electrons. The molecule has 2 rings (SSSR count). The molecule has 1 aromatic carbocycles. The van der Waals surface area contributed by atoms with Crippen LogP contribution in [0.3, 0.4) is 0 Å². The van der Waals surface area contributed by atoms with Crippen LogP contribution in [0.5, 0.6) is 0 Å². The zero-order chi connectivity index (χ0) is 13.0. The molecule has 0 bridgehead atoms. The van der Waals surface area contributed by atoms with Crippen LogP contribution in [0.2, 0.25) is 0 Å². The second-order valence-electron chi connectivity index (χ2n) is 4.79. The number of nitrogens with one attached hydrogen (secondary N) is 1. The first-order valence-corrected chi connectivity index (χ1v) is 7.90. The first kappa shape index (κ1) is 13.5. The van der Waals surface area contributed by atoms with Crippen molar-refractivity contribution in [2.45, 2.75) is 25.4 Å². The molecule has 1 aliphatic carbocycles. The standard InChI is InChI=1S/C13H20N2O2S/c1-15(11-12-5-3-2-4-6-12)18(16,17)10-9-14-13-7-8-13/h2-6,13-14H,7-11H2,1H3. The fraction of sp³-hybridized carbons (Fsp3) is 0.538. The van der Waals surface area contributed by atoms with Crippen molar-refractivity contribution in [3.8, 4) is 0 Å². The Morgan fingerprint density at radius 2 is 1.94 bits per heavy atom. The van der Waals surface area contributed by atoms with Gasteiger partial charge in [-0.05, 0) is 18.4 Å². The molecule has 1 aliphatic rings. The highest BCUT2D eigenvalue weighted by Gasteiger charge is 2.22. The van der Waals surface area contributed by atoms with E-state index in [0.717, 1.165) is 5.56 Å². The van der Waals surface area contributed by atoms with Gasteiger partial charge in [-0.15, -0.1) is 0 Å². The maximum atomic E-state index is 12.0. The SMILES string of the molecule is CN(Cc1ccccc1)S(=O)(=O)CCNC1CC1. The topological polar surface area (TPSA) is 49.4 Å². The first-order valence-electron chi connectivity index (χ1n) is 6.29. The number of rotatable bonds is 7. The Morgan fingerprint density at radius 1 is 1.28 bits per heavy atom. The van der Waals surface area contributed by atoms with Crippen molar-refractivity contribution in [3.05, 3.63) is 35.9 Å². The third-order valence-electron chi connectivity index (χ3n) is 3.09. The quantitative estimate of drug-likeness (QED) is 0.808. The van der Waals surface area contributed by atoms with E-state index >= 15 is 0 Å². The largest absolute Gasteiger partial charge is 0.313 e. The Labute approximate surface area is 109 Å². The van der Waals surface area contributed by atoms with Crippen LogP contribution in [-0.4, -0.2) is 38.1 Å². The third-order valence-corrected chi connectivity index (χ3v) is 4.89. The Hall–Kier alpha value is -0.910. The van der Waals surface area contributed by atoms with Gasteiger partial charge in [0.15, 0.2) is 0 Å². The van der Waals surface area contributed by atoms with E-state index in [9.17, 15) is 8.42 Å². The Kier molecular flexibility index (Phi) is 4.37. The molecule has 1 fully saturated rings. The van der Waals surface area contributed by atoms with E-state index in [1.807, 2.05) is 30.3 Å². The molecule has 0 aliphatic heterocycles. The number of benzene rings is 1. The molecule has 0 aromatic heterocycles. The summed E-state index contributed by atoms with van der Waals surface area (Å²) in [6.07, 6.45) is 2.36. The van der Waals surface area contributed by atoms with Gasteiger partial charge in [-0.25, -0.2) is 12.7 Å². The first-order chi connectivity index (χ1) is 8.58. The molecule has 5 heteroatoms. The molecule has 1 N–H and O–H groups in total. The number of nitrogens with zero attached hydrogens (tertiary/aromatic N) is 1. The predicted molar refractivity (Wildman–Crippen MR) is 72.7 cm³/mol. The summed E-state index contributed by atoms with van der Waals surface area (Å²) in [5.41, 5.74) is 1.01. The molecule has 18 heavy (non-hydrogen) atoms. The van der Waals surface area contributed by atoms with E-state index in [0.29, 0.717) is 19.1 Å². The molecule has 0 saturated heterocycles. The van der Waals surface area contributed by atoms with Crippen LogP contribution >= 0.6 is 0 Å². The lowest BCUT2D eigenvalue weighted by Crippen LogP contribution is -2.33. The number of hydrogen-bond acceptors (Lipinski definition) is 3. The van der Waals surface area contributed by atoms with Gasteiger partial charge < -0.3 is 5.32 Å². The molecule has 4 nitrogen and oxygen atoms in total. The molecule has 1 aromatic rings. The van der Waals surface area contributed by atoms with Crippen LogP contribution in [0.1, 0.15) is 18.4 Å². The Morgan fingerprint density at radius 3 is 2.56 bits per heavy atom. The average molecular weight is 268 g/mol. The van der Waals surface area contributed by atoms with E-state index in [2.05, 4.69) is 5.32 Å². The van der Waals surface area contributed by atoms with Crippen molar-refractivity contribution < 1.29 is 8.42 Å². The van der Waals surface area contributed by atoms with Crippen LogP contribution < -0.4 is 5.32 Å². The lowest BCUT2D eigenvalue weighted by Gasteiger charge is -2.17. The van der Waals surface area contributed by atoms with Gasteiger partial charge in [-0.2, -0.15) is 0 Å². The molecule has 0 heterocycles. The van der Waals surface area contributed by atoms with Crippen LogP contribution in [0.4, 0.5) is 0 Å². The third kappa shape index (κ3) is 4.08. The second kappa shape index (κ2) is 5.82. The molecule has 0 spiro atoms. The summed E-state index contributed by atoms with van der Waals surface area (Å²) < 4.78 is 25.5. The summed E-state index contributed by atoms with van der Waals surface area (Å²) in [6.45, 7) is 0.985. The van der Waals surface area contributed by atoms with Gasteiger partial charge in [0.2, 0.25) is 10.0 Å². The van der Waals surface area contributed by atoms with Crippen LogP contribution in [-0.2, 0) is 16.6 Å². The van der Waals surface area contributed by atoms with Gasteiger partial charge in [0.1, 0.15) is 0 Å². The van der Waals surface area contributed by atoms with E-state index in [1.54, 1.807) is 7.05 Å². The highest BCUT2D eigenvalue weighted by Crippen LogP contribution is 2.18. The van der Waals surface area contributed by atoms with Crippen molar-refractivity contribution in [1.82, 2.24) is 9.62 Å². The van der Waals surface area contributed by atoms with E-state index in [-0.39, 0.29) is 5.75 Å². The minimum atomic E-state index is -3.16. The van der Waals surface area contributed by atoms with Crippen molar-refractivity contribution in [3.63, 3.8) is 0 Å². The maximum Gasteiger partial charge on any atom is 0.215 e. The second-order valence-corrected chi connectivity index (χ2v) is 6.98. The lowest BCUT2D eigenvalue weighted by molar-refractivity contribution is 0.465. The van der Waals surface area contributed by atoms with Gasteiger partial charge >= 0.3 is 0 Å². The summed E-state index contributed by atoms with van der Waals surface area (Å²) in [5, 5.41) is 3.23. The van der Waals surface area contributed by atoms with Gasteiger partial charge in [-0.1, -0.05) is 30.3 Å². The van der Waals surface area contributed by atoms with Crippen molar-refractivity contribution in [1.29, 1.82) is 0 Å². The molecule has 0 unspecified atom stereocenters. The predicted octanol–water partition coefficient (Wildman–Crippen LogP) is 1.20. The number of sulfonamides is 1. The summed E-state index contributed by atoms with van der Waals surface area (Å²) in [4.78, 5) is 0. The Bertz CT molecular complexity index is 469. The van der Waals surface area contributed by atoms with Gasteiger partial charge in [-0.3, -0.25) is 0 Å². The maximum absolute atomic E-state index is 12.0. The highest BCUT2D eigenvalue weighted by molar-refractivity contribution is 7.89. The fourth-order valence-corrected chi connectivity index (χ4v) is 2.81. The minimum absolute atomic E-state index is 0.173. The van der Waals surface area contributed by atoms with Crippen molar-refractivity contribution in [2.24, 2.45) is 0 Å². The zero-order valence-electron chi connectivity index (χ0n) is 10.7. The lowest BCUT2D eigenvalue weighted by atomic mass is 10.2. The molecule has 0 amide bonds. The van der Waals surface area contributed by atoms with Crippen LogP contribution in [0.15, 0.2) is 30.3 Å². The summed E-state index contributed by atoms with van der Waals surface area (Å²) in [7, 11) is -1.52. The van der Waals surface area contributed by atoms with Gasteiger partial charge in [0.05, 0.1) is 5.75 Å². The Balaban J connectivity index is 1.83. The highest BCUT2D eigenvalue weighted by atomic mass is 32.2. The minimum Gasteiger partial charge on any atom is -0.313 e. The molecule has 1 saturated carbocycles. The van der Waals surface area contributed by atoms with Gasteiger partial charge in [0, 0.05) is 26.2 Å². The monoisotopic (exact) mass is 268 g/mol. The summed E-state index contributed by atoms with van der Waals surface area (Å²) in [5.74, 6) is 0.173. The molecule has 0 atom stereocenters. The smallest absolute Gasteiger partial charge is 0.215 e. The molecular formula is C13H20N2O2S. The molecule has 0 radical (unpaired) electrons. The van der Waals surface area contributed by atoms with E-state index in [4.69, 9.17) is 0 Å². The normalized spacial score (nSPS) is 16.1. The van der Waals surface area contributed by atoms with Gasteiger partial charge in [0.25, 0.3) is 0 Å². The zero-order valence-corrected chi connectivity index (χ0v) is 11.5. The van der Waals surface area contributed by atoms with E-state index in [1.165, 1.54) is 17.1 Å².